The second-order valence-corrected chi connectivity index (χ2v) is 6.50. The van der Waals surface area contributed by atoms with Crippen LogP contribution in [0.1, 0.15) is 36.5 Å². The van der Waals surface area contributed by atoms with Gasteiger partial charge >= 0.3 is 0 Å². The van der Waals surface area contributed by atoms with Crippen molar-refractivity contribution < 1.29 is 14.3 Å². The summed E-state index contributed by atoms with van der Waals surface area (Å²) in [6.45, 7) is 6.70. The van der Waals surface area contributed by atoms with Crippen LogP contribution in [0.2, 0.25) is 0 Å². The fourth-order valence-electron chi connectivity index (χ4n) is 2.68. The Morgan fingerprint density at radius 1 is 1.04 bits per heavy atom. The molecule has 0 aliphatic carbocycles. The van der Waals surface area contributed by atoms with Crippen molar-refractivity contribution in [3.05, 3.63) is 59.2 Å². The molecule has 2 aromatic carbocycles. The standard InChI is InChI=1S/C22H29NO3/c1-5-21(26-20-11-8-16(2)17(3)15-20)22(24)23-14-6-7-18-9-12-19(25-4)13-10-18/h8-13,15,21H,5-7,14H2,1-4H3,(H,23,24)/t21-/m0/s1. The van der Waals surface area contributed by atoms with Crippen LogP contribution >= 0.6 is 0 Å². The number of carbonyl (C=O) groups is 1. The topological polar surface area (TPSA) is 47.6 Å². The summed E-state index contributed by atoms with van der Waals surface area (Å²) in [6.07, 6.45) is 1.98. The molecular weight excluding hydrogens is 326 g/mol. The summed E-state index contributed by atoms with van der Waals surface area (Å²) in [5.41, 5.74) is 3.61. The molecule has 0 fully saturated rings. The minimum absolute atomic E-state index is 0.0551. The lowest BCUT2D eigenvalue weighted by Crippen LogP contribution is -2.38. The lowest BCUT2D eigenvalue weighted by molar-refractivity contribution is -0.128. The minimum Gasteiger partial charge on any atom is -0.497 e. The second-order valence-electron chi connectivity index (χ2n) is 6.50. The zero-order chi connectivity index (χ0) is 18.9. The zero-order valence-corrected chi connectivity index (χ0v) is 16.2. The van der Waals surface area contributed by atoms with Crippen molar-refractivity contribution in [3.63, 3.8) is 0 Å². The van der Waals surface area contributed by atoms with Crippen molar-refractivity contribution >= 4 is 5.91 Å². The Morgan fingerprint density at radius 3 is 2.35 bits per heavy atom. The Kier molecular flexibility index (Phi) is 7.52. The Morgan fingerprint density at radius 2 is 1.73 bits per heavy atom. The third-order valence-corrected chi connectivity index (χ3v) is 4.52. The summed E-state index contributed by atoms with van der Waals surface area (Å²) < 4.78 is 11.0. The summed E-state index contributed by atoms with van der Waals surface area (Å²) in [4.78, 5) is 12.4. The van der Waals surface area contributed by atoms with E-state index in [1.807, 2.05) is 44.2 Å². The molecule has 0 aliphatic heterocycles. The van der Waals surface area contributed by atoms with E-state index in [0.29, 0.717) is 13.0 Å². The molecule has 0 saturated heterocycles. The molecule has 0 spiro atoms. The van der Waals surface area contributed by atoms with Crippen molar-refractivity contribution in [2.75, 3.05) is 13.7 Å². The van der Waals surface area contributed by atoms with Crippen LogP contribution in [0.4, 0.5) is 0 Å². The number of methoxy groups -OCH3 is 1. The average molecular weight is 355 g/mol. The van der Waals surface area contributed by atoms with Gasteiger partial charge in [-0.1, -0.05) is 25.1 Å². The highest BCUT2D eigenvalue weighted by molar-refractivity contribution is 5.81. The molecule has 0 bridgehead atoms. The van der Waals surface area contributed by atoms with Crippen LogP contribution in [0.15, 0.2) is 42.5 Å². The molecule has 0 aliphatic rings. The number of hydrogen-bond donors (Lipinski definition) is 1. The molecule has 0 aromatic heterocycles. The number of nitrogens with one attached hydrogen (secondary N) is 1. The number of rotatable bonds is 9. The SMILES string of the molecule is CC[C@H](Oc1ccc(C)c(C)c1)C(=O)NCCCc1ccc(OC)cc1. The van der Waals surface area contributed by atoms with Gasteiger partial charge in [-0.2, -0.15) is 0 Å². The Labute approximate surface area is 156 Å². The van der Waals surface area contributed by atoms with E-state index in [4.69, 9.17) is 9.47 Å². The number of ether oxygens (including phenoxy) is 2. The molecule has 2 rings (SSSR count). The highest BCUT2D eigenvalue weighted by Crippen LogP contribution is 2.18. The Balaban J connectivity index is 1.78. The second kappa shape index (κ2) is 9.85. The monoisotopic (exact) mass is 355 g/mol. The van der Waals surface area contributed by atoms with E-state index >= 15 is 0 Å². The van der Waals surface area contributed by atoms with Crippen LogP contribution in [0.5, 0.6) is 11.5 Å². The van der Waals surface area contributed by atoms with E-state index in [1.54, 1.807) is 7.11 Å². The van der Waals surface area contributed by atoms with Gasteiger partial charge < -0.3 is 14.8 Å². The highest BCUT2D eigenvalue weighted by atomic mass is 16.5. The number of amides is 1. The Hall–Kier alpha value is -2.49. The molecule has 26 heavy (non-hydrogen) atoms. The number of carbonyl (C=O) groups excluding carboxylic acids is 1. The first-order valence-electron chi connectivity index (χ1n) is 9.18. The fraction of sp³-hybridized carbons (Fsp3) is 0.409. The van der Waals surface area contributed by atoms with Crippen LogP contribution in [-0.2, 0) is 11.2 Å². The lowest BCUT2D eigenvalue weighted by atomic mass is 10.1. The first-order valence-corrected chi connectivity index (χ1v) is 9.18. The third kappa shape index (κ3) is 5.80. The van der Waals surface area contributed by atoms with Crippen molar-refractivity contribution in [3.8, 4) is 11.5 Å². The molecule has 0 unspecified atom stereocenters. The maximum absolute atomic E-state index is 12.4. The number of hydrogen-bond acceptors (Lipinski definition) is 3. The molecule has 0 radical (unpaired) electrons. The zero-order valence-electron chi connectivity index (χ0n) is 16.2. The molecule has 1 amide bonds. The minimum atomic E-state index is -0.460. The average Bonchev–Trinajstić information content (AvgIpc) is 2.66. The van der Waals surface area contributed by atoms with Crippen molar-refractivity contribution in [2.45, 2.75) is 46.1 Å². The van der Waals surface area contributed by atoms with E-state index in [2.05, 4.69) is 24.4 Å². The summed E-state index contributed by atoms with van der Waals surface area (Å²) >= 11 is 0. The van der Waals surface area contributed by atoms with Crippen LogP contribution in [0.3, 0.4) is 0 Å². The smallest absolute Gasteiger partial charge is 0.261 e. The molecule has 1 N–H and O–H groups in total. The van der Waals surface area contributed by atoms with Crippen LogP contribution in [-0.4, -0.2) is 25.7 Å². The highest BCUT2D eigenvalue weighted by Gasteiger charge is 2.18. The lowest BCUT2D eigenvalue weighted by Gasteiger charge is -2.18. The summed E-state index contributed by atoms with van der Waals surface area (Å²) in [5.74, 6) is 1.55. The molecule has 0 heterocycles. The molecule has 0 saturated carbocycles. The van der Waals surface area contributed by atoms with Gasteiger partial charge in [0.2, 0.25) is 0 Å². The number of benzene rings is 2. The van der Waals surface area contributed by atoms with E-state index in [-0.39, 0.29) is 5.91 Å². The normalized spacial score (nSPS) is 11.7. The van der Waals surface area contributed by atoms with Gasteiger partial charge in [-0.15, -0.1) is 0 Å². The predicted octanol–water partition coefficient (Wildman–Crippen LogP) is 4.22. The van der Waals surface area contributed by atoms with Gasteiger partial charge in [0.1, 0.15) is 11.5 Å². The molecule has 140 valence electrons. The molecular formula is C22H29NO3. The molecule has 4 heteroatoms. The number of aryl methyl sites for hydroxylation is 3. The van der Waals surface area contributed by atoms with E-state index in [1.165, 1.54) is 11.1 Å². The van der Waals surface area contributed by atoms with Crippen LogP contribution < -0.4 is 14.8 Å². The molecule has 4 nitrogen and oxygen atoms in total. The first kappa shape index (κ1) is 19.8. The van der Waals surface area contributed by atoms with Gasteiger partial charge in [0.05, 0.1) is 7.11 Å². The Bertz CT molecular complexity index is 710. The quantitative estimate of drug-likeness (QED) is 0.685. The molecule has 1 atom stereocenters. The van der Waals surface area contributed by atoms with E-state index in [0.717, 1.165) is 29.9 Å². The van der Waals surface area contributed by atoms with Crippen LogP contribution in [0.25, 0.3) is 0 Å². The largest absolute Gasteiger partial charge is 0.497 e. The van der Waals surface area contributed by atoms with Crippen molar-refractivity contribution in [1.82, 2.24) is 5.32 Å². The van der Waals surface area contributed by atoms with Crippen molar-refractivity contribution in [2.24, 2.45) is 0 Å². The maximum Gasteiger partial charge on any atom is 0.261 e. The van der Waals surface area contributed by atoms with Gasteiger partial charge in [0.15, 0.2) is 6.10 Å². The van der Waals surface area contributed by atoms with Gasteiger partial charge in [0, 0.05) is 6.54 Å². The van der Waals surface area contributed by atoms with Gasteiger partial charge in [-0.05, 0) is 74.1 Å². The van der Waals surface area contributed by atoms with Crippen LogP contribution in [0, 0.1) is 13.8 Å². The predicted molar refractivity (Wildman–Crippen MR) is 105 cm³/mol. The fourth-order valence-corrected chi connectivity index (χ4v) is 2.68. The molecule has 2 aromatic rings. The summed E-state index contributed by atoms with van der Waals surface area (Å²) in [5, 5.41) is 2.98. The maximum atomic E-state index is 12.4. The van der Waals surface area contributed by atoms with Crippen molar-refractivity contribution in [1.29, 1.82) is 0 Å². The summed E-state index contributed by atoms with van der Waals surface area (Å²) in [7, 11) is 1.66. The van der Waals surface area contributed by atoms with E-state index in [9.17, 15) is 4.79 Å². The van der Waals surface area contributed by atoms with Gasteiger partial charge in [0.25, 0.3) is 5.91 Å². The van der Waals surface area contributed by atoms with Gasteiger partial charge in [-0.25, -0.2) is 0 Å². The first-order chi connectivity index (χ1) is 12.5. The van der Waals surface area contributed by atoms with Gasteiger partial charge in [-0.3, -0.25) is 4.79 Å². The summed E-state index contributed by atoms with van der Waals surface area (Å²) in [6, 6.07) is 13.9. The van der Waals surface area contributed by atoms with E-state index < -0.39 is 6.10 Å². The third-order valence-electron chi connectivity index (χ3n) is 4.52.